The summed E-state index contributed by atoms with van der Waals surface area (Å²) in [4.78, 5) is 11.9. The third-order valence-electron chi connectivity index (χ3n) is 2.92. The van der Waals surface area contributed by atoms with Crippen LogP contribution >= 0.6 is 0 Å². The van der Waals surface area contributed by atoms with E-state index in [4.69, 9.17) is 4.74 Å². The minimum absolute atomic E-state index is 0.282. The Morgan fingerprint density at radius 2 is 1.70 bits per heavy atom. The first kappa shape index (κ1) is 14.6. The lowest BCUT2D eigenvalue weighted by atomic mass is 10.2. The molecule has 0 spiro atoms. The highest BCUT2D eigenvalue weighted by Crippen LogP contribution is 2.14. The number of ether oxygens (including phenoxy) is 1. The molecular formula is C16H11FN4O2. The van der Waals surface area contributed by atoms with Gasteiger partial charge in [0.1, 0.15) is 24.2 Å². The van der Waals surface area contributed by atoms with E-state index < -0.39 is 11.8 Å². The molecule has 0 saturated heterocycles. The Morgan fingerprint density at radius 1 is 1.04 bits per heavy atom. The van der Waals surface area contributed by atoms with Gasteiger partial charge in [0.25, 0.3) is 0 Å². The molecule has 0 N–H and O–H groups in total. The average molecular weight is 310 g/mol. The Morgan fingerprint density at radius 3 is 2.35 bits per heavy atom. The third-order valence-corrected chi connectivity index (χ3v) is 2.92. The number of esters is 1. The molecule has 0 atom stereocenters. The molecule has 1 aromatic heterocycles. The molecule has 0 aliphatic heterocycles. The fourth-order valence-electron chi connectivity index (χ4n) is 1.76. The minimum atomic E-state index is -0.545. The summed E-state index contributed by atoms with van der Waals surface area (Å²) >= 11 is 0. The van der Waals surface area contributed by atoms with Gasteiger partial charge in [-0.15, -0.1) is 10.2 Å². The van der Waals surface area contributed by atoms with Crippen LogP contribution in [0.1, 0.15) is 15.9 Å². The van der Waals surface area contributed by atoms with Crippen molar-refractivity contribution >= 4 is 12.2 Å². The van der Waals surface area contributed by atoms with Crippen LogP contribution in [0.2, 0.25) is 0 Å². The number of halogens is 1. The van der Waals surface area contributed by atoms with Gasteiger partial charge in [-0.25, -0.2) is 13.9 Å². The zero-order chi connectivity index (χ0) is 16.1. The third kappa shape index (κ3) is 3.85. The summed E-state index contributed by atoms with van der Waals surface area (Å²) in [5.74, 6) is -0.560. The molecule has 0 bridgehead atoms. The molecule has 0 fully saturated rings. The van der Waals surface area contributed by atoms with E-state index in [2.05, 4.69) is 15.3 Å². The summed E-state index contributed by atoms with van der Waals surface area (Å²) in [6, 6.07) is 12.0. The van der Waals surface area contributed by atoms with Gasteiger partial charge in [0, 0.05) is 0 Å². The molecule has 0 unspecified atom stereocenters. The molecule has 1 heterocycles. The van der Waals surface area contributed by atoms with Gasteiger partial charge in [-0.05, 0) is 54.1 Å². The molecule has 0 amide bonds. The van der Waals surface area contributed by atoms with Crippen LogP contribution in [0.15, 0.2) is 66.3 Å². The van der Waals surface area contributed by atoms with Crippen LogP contribution in [-0.4, -0.2) is 27.1 Å². The summed E-state index contributed by atoms with van der Waals surface area (Å²) in [5, 5.41) is 11.4. The number of nitrogens with zero attached hydrogens (tertiary/aromatic N) is 4. The van der Waals surface area contributed by atoms with Gasteiger partial charge in [0.15, 0.2) is 0 Å². The molecule has 7 heteroatoms. The molecule has 6 nitrogen and oxygen atoms in total. The van der Waals surface area contributed by atoms with Crippen molar-refractivity contribution in [3.8, 4) is 5.75 Å². The first-order valence-corrected chi connectivity index (χ1v) is 6.67. The lowest BCUT2D eigenvalue weighted by Crippen LogP contribution is -2.08. The smallest absolute Gasteiger partial charge is 0.343 e. The van der Waals surface area contributed by atoms with Crippen LogP contribution < -0.4 is 4.74 Å². The van der Waals surface area contributed by atoms with Gasteiger partial charge < -0.3 is 4.74 Å². The summed E-state index contributed by atoms with van der Waals surface area (Å²) in [6.07, 6.45) is 4.56. The van der Waals surface area contributed by atoms with Gasteiger partial charge in [0.05, 0.1) is 11.8 Å². The van der Waals surface area contributed by atoms with Crippen molar-refractivity contribution in [2.75, 3.05) is 0 Å². The minimum Gasteiger partial charge on any atom is -0.423 e. The van der Waals surface area contributed by atoms with E-state index in [1.165, 1.54) is 41.6 Å². The maximum Gasteiger partial charge on any atom is 0.343 e. The lowest BCUT2D eigenvalue weighted by Gasteiger charge is -2.04. The standard InChI is InChI=1S/C16H11FN4O2/c17-14-5-3-13(4-6-14)16(22)23-15-7-1-12(2-8-15)9-20-21-10-18-19-11-21/h1-11H/b20-9+. The van der Waals surface area contributed by atoms with Crippen molar-refractivity contribution in [3.05, 3.63) is 78.1 Å². The largest absolute Gasteiger partial charge is 0.423 e. The molecule has 0 aliphatic carbocycles. The molecule has 23 heavy (non-hydrogen) atoms. The van der Waals surface area contributed by atoms with E-state index in [1.54, 1.807) is 30.5 Å². The van der Waals surface area contributed by atoms with Gasteiger partial charge in [0.2, 0.25) is 0 Å². The van der Waals surface area contributed by atoms with E-state index in [1.807, 2.05) is 0 Å². The van der Waals surface area contributed by atoms with Crippen molar-refractivity contribution in [1.29, 1.82) is 0 Å². The quantitative estimate of drug-likeness (QED) is 0.422. The number of hydrogen-bond donors (Lipinski definition) is 0. The SMILES string of the molecule is O=C(Oc1ccc(/C=N/n2cnnc2)cc1)c1ccc(F)cc1. The Kier molecular flexibility index (Phi) is 4.19. The van der Waals surface area contributed by atoms with E-state index in [-0.39, 0.29) is 5.56 Å². The fraction of sp³-hybridized carbons (Fsp3) is 0. The van der Waals surface area contributed by atoms with Crippen LogP contribution in [0, 0.1) is 5.82 Å². The number of hydrogen-bond acceptors (Lipinski definition) is 5. The van der Waals surface area contributed by atoms with Crippen molar-refractivity contribution in [1.82, 2.24) is 14.9 Å². The van der Waals surface area contributed by atoms with Crippen LogP contribution in [-0.2, 0) is 0 Å². The average Bonchev–Trinajstić information content (AvgIpc) is 3.08. The number of rotatable bonds is 4. The van der Waals surface area contributed by atoms with Gasteiger partial charge >= 0.3 is 5.97 Å². The highest BCUT2D eigenvalue weighted by atomic mass is 19.1. The second-order valence-electron chi connectivity index (χ2n) is 4.55. The zero-order valence-electron chi connectivity index (χ0n) is 11.8. The number of aromatic nitrogens is 3. The van der Waals surface area contributed by atoms with Crippen LogP contribution in [0.3, 0.4) is 0 Å². The van der Waals surface area contributed by atoms with E-state index in [0.29, 0.717) is 5.75 Å². The predicted octanol–water partition coefficient (Wildman–Crippen LogP) is 2.52. The fourth-order valence-corrected chi connectivity index (χ4v) is 1.76. The van der Waals surface area contributed by atoms with Crippen LogP contribution in [0.25, 0.3) is 0 Å². The molecule has 0 aliphatic rings. The predicted molar refractivity (Wildman–Crippen MR) is 80.8 cm³/mol. The van der Waals surface area contributed by atoms with Gasteiger partial charge in [-0.3, -0.25) is 0 Å². The Labute approximate surface area is 130 Å². The normalized spacial score (nSPS) is 10.8. The molecule has 0 saturated carbocycles. The Balaban J connectivity index is 1.65. The van der Waals surface area contributed by atoms with Crippen LogP contribution in [0.5, 0.6) is 5.75 Å². The Bertz CT molecular complexity index is 812. The van der Waals surface area contributed by atoms with Crippen molar-refractivity contribution in [2.24, 2.45) is 5.10 Å². The van der Waals surface area contributed by atoms with Gasteiger partial charge in [-0.1, -0.05) is 0 Å². The van der Waals surface area contributed by atoms with Gasteiger partial charge in [-0.2, -0.15) is 5.10 Å². The Hall–Kier alpha value is -3.35. The molecule has 114 valence electrons. The summed E-state index contributed by atoms with van der Waals surface area (Å²) < 4.78 is 19.5. The number of benzene rings is 2. The molecule has 3 rings (SSSR count). The monoisotopic (exact) mass is 310 g/mol. The zero-order valence-corrected chi connectivity index (χ0v) is 11.8. The van der Waals surface area contributed by atoms with Crippen molar-refractivity contribution in [2.45, 2.75) is 0 Å². The van der Waals surface area contributed by atoms with E-state index in [9.17, 15) is 9.18 Å². The lowest BCUT2D eigenvalue weighted by molar-refractivity contribution is 0.0734. The van der Waals surface area contributed by atoms with Crippen molar-refractivity contribution in [3.63, 3.8) is 0 Å². The first-order chi connectivity index (χ1) is 11.2. The topological polar surface area (TPSA) is 69.4 Å². The van der Waals surface area contributed by atoms with E-state index in [0.717, 1.165) is 5.56 Å². The first-order valence-electron chi connectivity index (χ1n) is 6.67. The number of carbonyl (C=O) groups is 1. The second-order valence-corrected chi connectivity index (χ2v) is 4.55. The van der Waals surface area contributed by atoms with E-state index >= 15 is 0 Å². The molecular weight excluding hydrogens is 299 g/mol. The molecule has 0 radical (unpaired) electrons. The maximum atomic E-state index is 12.8. The highest BCUT2D eigenvalue weighted by Gasteiger charge is 2.08. The van der Waals surface area contributed by atoms with Crippen molar-refractivity contribution < 1.29 is 13.9 Å². The molecule has 2 aromatic carbocycles. The summed E-state index contributed by atoms with van der Waals surface area (Å²) in [5.41, 5.74) is 1.10. The maximum absolute atomic E-state index is 12.8. The molecule has 3 aromatic rings. The summed E-state index contributed by atoms with van der Waals surface area (Å²) in [7, 11) is 0. The second kappa shape index (κ2) is 6.61. The van der Waals surface area contributed by atoms with Crippen LogP contribution in [0.4, 0.5) is 4.39 Å². The highest BCUT2D eigenvalue weighted by molar-refractivity contribution is 5.91. The summed E-state index contributed by atoms with van der Waals surface area (Å²) in [6.45, 7) is 0. The number of carbonyl (C=O) groups excluding carboxylic acids is 1.